The molecule has 1 atom stereocenters. The molecule has 17 heavy (non-hydrogen) atoms. The van der Waals surface area contributed by atoms with Gasteiger partial charge in [0.2, 0.25) is 5.28 Å². The van der Waals surface area contributed by atoms with Crippen LogP contribution in [0, 0.1) is 5.92 Å². The van der Waals surface area contributed by atoms with E-state index in [0.717, 1.165) is 4.90 Å². The van der Waals surface area contributed by atoms with Crippen LogP contribution in [0.25, 0.3) is 0 Å². The maximum atomic E-state index is 12.4. The molecule has 1 saturated heterocycles. The Hall–Kier alpha value is -1.36. The van der Waals surface area contributed by atoms with E-state index in [0.29, 0.717) is 5.82 Å². The van der Waals surface area contributed by atoms with Crippen molar-refractivity contribution in [1.29, 1.82) is 0 Å². The van der Waals surface area contributed by atoms with Gasteiger partial charge in [-0.25, -0.2) is 14.8 Å². The molecule has 2 heterocycles. The standard InChI is InChI=1S/C11H15ClN4O/c1-7(2)8-6-15(3)11(17)16(8)9-4-5-13-10(12)14-9/h4-5,7-8H,6H2,1-3H3/t8-/m1/s1/i3D3. The van der Waals surface area contributed by atoms with E-state index >= 15 is 0 Å². The molecule has 5 nitrogen and oxygen atoms in total. The second-order valence-corrected chi connectivity index (χ2v) is 4.60. The zero-order chi connectivity index (χ0) is 15.1. The first-order chi connectivity index (χ1) is 9.21. The molecule has 0 radical (unpaired) electrons. The number of hydrogen-bond acceptors (Lipinski definition) is 3. The molecule has 0 bridgehead atoms. The van der Waals surface area contributed by atoms with Gasteiger partial charge in [0.15, 0.2) is 0 Å². The average Bonchev–Trinajstić information content (AvgIpc) is 2.66. The molecule has 92 valence electrons. The number of nitrogens with zero attached hydrogens (tertiary/aromatic N) is 4. The first-order valence-corrected chi connectivity index (χ1v) is 5.69. The van der Waals surface area contributed by atoms with E-state index in [1.54, 1.807) is 6.07 Å². The Labute approximate surface area is 110 Å². The molecular formula is C11H15ClN4O. The van der Waals surface area contributed by atoms with Crippen LogP contribution in [0.2, 0.25) is 5.28 Å². The zero-order valence-electron chi connectivity index (χ0n) is 12.6. The summed E-state index contributed by atoms with van der Waals surface area (Å²) >= 11 is 5.74. The summed E-state index contributed by atoms with van der Waals surface area (Å²) in [6.45, 7) is 1.53. The van der Waals surface area contributed by atoms with Crippen molar-refractivity contribution in [2.75, 3.05) is 18.4 Å². The van der Waals surface area contributed by atoms with Crippen LogP contribution < -0.4 is 4.90 Å². The second kappa shape index (κ2) is 4.49. The van der Waals surface area contributed by atoms with E-state index in [-0.39, 0.29) is 23.8 Å². The van der Waals surface area contributed by atoms with Crippen LogP contribution in [0.15, 0.2) is 12.3 Å². The first kappa shape index (κ1) is 8.69. The lowest BCUT2D eigenvalue weighted by Crippen LogP contribution is -2.38. The number of carbonyl (C=O) groups excluding carboxylic acids is 1. The quantitative estimate of drug-likeness (QED) is 0.762. The molecule has 0 unspecified atom stereocenters. The predicted octanol–water partition coefficient (Wildman–Crippen LogP) is 2.03. The van der Waals surface area contributed by atoms with E-state index in [9.17, 15) is 4.79 Å². The van der Waals surface area contributed by atoms with Crippen molar-refractivity contribution >= 4 is 23.4 Å². The zero-order valence-corrected chi connectivity index (χ0v) is 10.3. The highest BCUT2D eigenvalue weighted by Crippen LogP contribution is 2.26. The Bertz CT molecular complexity index is 523. The number of likely N-dealkylation sites (N-methyl/N-ethyl adjacent to an activating group) is 1. The smallest absolute Gasteiger partial charge is 0.325 e. The lowest BCUT2D eigenvalue weighted by atomic mass is 10.0. The first-order valence-electron chi connectivity index (χ1n) is 6.81. The van der Waals surface area contributed by atoms with Gasteiger partial charge in [-0.2, -0.15) is 0 Å². The minimum atomic E-state index is -2.46. The molecule has 1 aromatic rings. The van der Waals surface area contributed by atoms with Gasteiger partial charge in [0.05, 0.1) is 6.04 Å². The van der Waals surface area contributed by atoms with E-state index in [2.05, 4.69) is 9.97 Å². The second-order valence-electron chi connectivity index (χ2n) is 4.26. The van der Waals surface area contributed by atoms with E-state index in [1.807, 2.05) is 13.8 Å². The van der Waals surface area contributed by atoms with Gasteiger partial charge in [0.1, 0.15) is 5.82 Å². The fourth-order valence-corrected chi connectivity index (χ4v) is 2.00. The molecular weight excluding hydrogens is 240 g/mol. The summed E-state index contributed by atoms with van der Waals surface area (Å²) in [6.07, 6.45) is 1.44. The Morgan fingerprint density at radius 1 is 1.65 bits per heavy atom. The lowest BCUT2D eigenvalue weighted by molar-refractivity contribution is 0.229. The molecule has 1 aromatic heterocycles. The summed E-state index contributed by atoms with van der Waals surface area (Å²) in [4.78, 5) is 22.4. The summed E-state index contributed by atoms with van der Waals surface area (Å²) in [5.41, 5.74) is 0. The normalized spacial score (nSPS) is 23.9. The Kier molecular flexibility index (Phi) is 2.29. The summed E-state index contributed by atoms with van der Waals surface area (Å²) in [6, 6.07) is 0.690. The summed E-state index contributed by atoms with van der Waals surface area (Å²) in [5, 5.41) is 0.0186. The Morgan fingerprint density at radius 3 is 3.00 bits per heavy atom. The molecule has 2 amide bonds. The van der Waals surface area contributed by atoms with Gasteiger partial charge in [-0.3, -0.25) is 4.90 Å². The number of urea groups is 1. The molecule has 6 heteroatoms. The number of aromatic nitrogens is 2. The van der Waals surface area contributed by atoms with Crippen molar-refractivity contribution < 1.29 is 8.91 Å². The van der Waals surface area contributed by atoms with Crippen LogP contribution in [0.1, 0.15) is 18.0 Å². The van der Waals surface area contributed by atoms with Gasteiger partial charge in [0, 0.05) is 23.8 Å². The van der Waals surface area contributed by atoms with Crippen molar-refractivity contribution in [1.82, 2.24) is 14.9 Å². The van der Waals surface area contributed by atoms with E-state index in [4.69, 9.17) is 15.7 Å². The Balaban J connectivity index is 2.41. The fraction of sp³-hybridized carbons (Fsp3) is 0.545. The van der Waals surface area contributed by atoms with Gasteiger partial charge >= 0.3 is 6.03 Å². The van der Waals surface area contributed by atoms with Crippen molar-refractivity contribution in [2.24, 2.45) is 5.92 Å². The monoisotopic (exact) mass is 257 g/mol. The number of amides is 2. The molecule has 0 spiro atoms. The molecule has 2 rings (SSSR count). The van der Waals surface area contributed by atoms with E-state index < -0.39 is 13.0 Å². The van der Waals surface area contributed by atoms with Crippen LogP contribution in [-0.2, 0) is 0 Å². The van der Waals surface area contributed by atoms with Crippen molar-refractivity contribution in [2.45, 2.75) is 19.9 Å². The lowest BCUT2D eigenvalue weighted by Gasteiger charge is -2.24. The van der Waals surface area contributed by atoms with Crippen molar-refractivity contribution in [3.63, 3.8) is 0 Å². The SMILES string of the molecule is [2H]C([2H])([2H])N1C[C@H](C(C)C)N(c2ccnc(Cl)n2)C1=O. The minimum absolute atomic E-state index is 0.0186. The minimum Gasteiger partial charge on any atom is -0.325 e. The maximum absolute atomic E-state index is 12.4. The van der Waals surface area contributed by atoms with Crippen LogP contribution >= 0.6 is 11.6 Å². The summed E-state index contributed by atoms with van der Waals surface area (Å²) < 4.78 is 22.3. The highest BCUT2D eigenvalue weighted by molar-refractivity contribution is 6.28. The van der Waals surface area contributed by atoms with Crippen LogP contribution in [0.3, 0.4) is 0 Å². The molecule has 0 aliphatic carbocycles. The summed E-state index contributed by atoms with van der Waals surface area (Å²) in [7, 11) is 0. The van der Waals surface area contributed by atoms with Gasteiger partial charge in [0.25, 0.3) is 0 Å². The van der Waals surface area contributed by atoms with Crippen LogP contribution in [-0.4, -0.2) is 40.5 Å². The number of carbonyl (C=O) groups is 1. The van der Waals surface area contributed by atoms with Gasteiger partial charge in [-0.1, -0.05) is 13.8 Å². The Morgan fingerprint density at radius 2 is 2.41 bits per heavy atom. The van der Waals surface area contributed by atoms with Crippen molar-refractivity contribution in [3.8, 4) is 0 Å². The molecule has 0 aromatic carbocycles. The highest BCUT2D eigenvalue weighted by Gasteiger charge is 2.38. The number of anilines is 1. The van der Waals surface area contributed by atoms with Crippen molar-refractivity contribution in [3.05, 3.63) is 17.5 Å². The average molecular weight is 258 g/mol. The predicted molar refractivity (Wildman–Crippen MR) is 66.2 cm³/mol. The number of hydrogen-bond donors (Lipinski definition) is 0. The molecule has 0 saturated carbocycles. The topological polar surface area (TPSA) is 49.3 Å². The third-order valence-electron chi connectivity index (χ3n) is 2.77. The number of rotatable bonds is 2. The van der Waals surface area contributed by atoms with Crippen LogP contribution in [0.5, 0.6) is 0 Å². The fourth-order valence-electron chi connectivity index (χ4n) is 1.86. The third-order valence-corrected chi connectivity index (χ3v) is 2.95. The van der Waals surface area contributed by atoms with Gasteiger partial charge < -0.3 is 4.90 Å². The van der Waals surface area contributed by atoms with Gasteiger partial charge in [-0.05, 0) is 23.6 Å². The molecule has 1 fully saturated rings. The number of halogens is 1. The largest absolute Gasteiger partial charge is 0.325 e. The maximum Gasteiger partial charge on any atom is 0.325 e. The van der Waals surface area contributed by atoms with E-state index in [1.165, 1.54) is 11.1 Å². The summed E-state index contributed by atoms with van der Waals surface area (Å²) in [5.74, 6) is 0.403. The van der Waals surface area contributed by atoms with Crippen LogP contribution in [0.4, 0.5) is 10.6 Å². The molecule has 1 aliphatic rings. The molecule has 0 N–H and O–H groups in total. The molecule has 1 aliphatic heterocycles. The van der Waals surface area contributed by atoms with Gasteiger partial charge in [-0.15, -0.1) is 0 Å². The third kappa shape index (κ3) is 2.20. The highest BCUT2D eigenvalue weighted by atomic mass is 35.5.